The van der Waals surface area contributed by atoms with Crippen molar-refractivity contribution in [2.24, 2.45) is 0 Å². The highest BCUT2D eigenvalue weighted by atomic mass is 15.0. The van der Waals surface area contributed by atoms with Gasteiger partial charge in [0.15, 0.2) is 0 Å². The fourth-order valence-corrected chi connectivity index (χ4v) is 1.73. The summed E-state index contributed by atoms with van der Waals surface area (Å²) in [6, 6.07) is 0.479. The summed E-state index contributed by atoms with van der Waals surface area (Å²) in [6.45, 7) is 6.43. The first kappa shape index (κ1) is 12.9. The predicted octanol–water partition coefficient (Wildman–Crippen LogP) is 3.56. The van der Waals surface area contributed by atoms with Gasteiger partial charge in [0.25, 0.3) is 0 Å². The van der Waals surface area contributed by atoms with Crippen molar-refractivity contribution in [3.8, 4) is 0 Å². The van der Waals surface area contributed by atoms with Crippen molar-refractivity contribution in [2.45, 2.75) is 58.9 Å². The topological polar surface area (TPSA) is 37.8 Å². The summed E-state index contributed by atoms with van der Waals surface area (Å²) in [6.07, 6.45) is 9.94. The van der Waals surface area contributed by atoms with E-state index < -0.39 is 0 Å². The van der Waals surface area contributed by atoms with Crippen molar-refractivity contribution in [1.82, 2.24) is 9.97 Å². The molecule has 90 valence electrons. The Morgan fingerprint density at radius 2 is 1.94 bits per heavy atom. The molecule has 0 saturated carbocycles. The zero-order chi connectivity index (χ0) is 11.8. The number of aryl methyl sites for hydroxylation is 1. The lowest BCUT2D eigenvalue weighted by molar-refractivity contribution is 0.592. The Morgan fingerprint density at radius 1 is 1.19 bits per heavy atom. The molecule has 16 heavy (non-hydrogen) atoms. The average molecular weight is 221 g/mol. The first-order chi connectivity index (χ1) is 7.74. The fraction of sp³-hybridized carbons (Fsp3) is 0.692. The molecule has 0 fully saturated rings. The third kappa shape index (κ3) is 4.60. The van der Waals surface area contributed by atoms with E-state index in [0.717, 1.165) is 11.5 Å². The first-order valence-electron chi connectivity index (χ1n) is 6.28. The highest BCUT2D eigenvalue weighted by Gasteiger charge is 2.05. The molecule has 0 aliphatic heterocycles. The van der Waals surface area contributed by atoms with Crippen LogP contribution in [0.15, 0.2) is 12.4 Å². The lowest BCUT2D eigenvalue weighted by atomic mass is 10.1. The van der Waals surface area contributed by atoms with Crippen LogP contribution in [0.3, 0.4) is 0 Å². The maximum Gasteiger partial charge on any atom is 0.147 e. The van der Waals surface area contributed by atoms with Gasteiger partial charge in [-0.25, -0.2) is 4.98 Å². The molecule has 0 amide bonds. The second kappa shape index (κ2) is 7.20. The van der Waals surface area contributed by atoms with Gasteiger partial charge in [0, 0.05) is 18.4 Å². The van der Waals surface area contributed by atoms with Gasteiger partial charge in [-0.15, -0.1) is 0 Å². The monoisotopic (exact) mass is 221 g/mol. The van der Waals surface area contributed by atoms with E-state index in [1.807, 2.05) is 6.92 Å². The second-order valence-electron chi connectivity index (χ2n) is 4.39. The van der Waals surface area contributed by atoms with Crippen LogP contribution in [-0.2, 0) is 0 Å². The number of rotatable bonds is 7. The number of unbranched alkanes of at least 4 members (excludes halogenated alkanes) is 3. The molecule has 3 nitrogen and oxygen atoms in total. The van der Waals surface area contributed by atoms with E-state index in [1.165, 1.54) is 32.1 Å². The van der Waals surface area contributed by atoms with E-state index in [1.54, 1.807) is 12.4 Å². The highest BCUT2D eigenvalue weighted by molar-refractivity contribution is 5.38. The van der Waals surface area contributed by atoms with Gasteiger partial charge in [0.1, 0.15) is 5.82 Å². The van der Waals surface area contributed by atoms with E-state index >= 15 is 0 Å². The van der Waals surface area contributed by atoms with Crippen LogP contribution >= 0.6 is 0 Å². The van der Waals surface area contributed by atoms with E-state index in [9.17, 15) is 0 Å². The van der Waals surface area contributed by atoms with Crippen molar-refractivity contribution in [3.05, 3.63) is 18.1 Å². The number of hydrogen-bond donors (Lipinski definition) is 1. The minimum atomic E-state index is 0.479. The molecule has 1 aromatic heterocycles. The van der Waals surface area contributed by atoms with Gasteiger partial charge in [-0.2, -0.15) is 0 Å². The Bertz CT molecular complexity index is 299. The fourth-order valence-electron chi connectivity index (χ4n) is 1.73. The van der Waals surface area contributed by atoms with Crippen LogP contribution in [0.25, 0.3) is 0 Å². The van der Waals surface area contributed by atoms with Crippen LogP contribution in [-0.4, -0.2) is 16.0 Å². The maximum atomic E-state index is 4.29. The normalized spacial score (nSPS) is 12.4. The Labute approximate surface area is 98.7 Å². The van der Waals surface area contributed by atoms with Crippen molar-refractivity contribution in [3.63, 3.8) is 0 Å². The molecule has 0 aliphatic carbocycles. The van der Waals surface area contributed by atoms with E-state index in [2.05, 4.69) is 29.1 Å². The molecule has 0 bridgehead atoms. The Kier molecular flexibility index (Phi) is 5.83. The number of nitrogens with one attached hydrogen (secondary N) is 1. The summed E-state index contributed by atoms with van der Waals surface area (Å²) in [5.41, 5.74) is 0.975. The predicted molar refractivity (Wildman–Crippen MR) is 68.6 cm³/mol. The minimum Gasteiger partial charge on any atom is -0.366 e. The second-order valence-corrected chi connectivity index (χ2v) is 4.39. The zero-order valence-electron chi connectivity index (χ0n) is 10.7. The van der Waals surface area contributed by atoms with Crippen LogP contribution < -0.4 is 5.32 Å². The smallest absolute Gasteiger partial charge is 0.147 e. The molecular weight excluding hydrogens is 198 g/mol. The molecular formula is C13H23N3. The number of aromatic nitrogens is 2. The summed E-state index contributed by atoms with van der Waals surface area (Å²) >= 11 is 0. The third-order valence-electron chi connectivity index (χ3n) is 2.75. The Balaban J connectivity index is 2.28. The minimum absolute atomic E-state index is 0.479. The van der Waals surface area contributed by atoms with Crippen LogP contribution in [0.4, 0.5) is 5.82 Å². The van der Waals surface area contributed by atoms with E-state index in [0.29, 0.717) is 6.04 Å². The number of anilines is 1. The molecule has 0 saturated heterocycles. The number of nitrogens with zero attached hydrogens (tertiary/aromatic N) is 2. The molecule has 1 unspecified atom stereocenters. The molecule has 1 N–H and O–H groups in total. The Hall–Kier alpha value is -1.12. The van der Waals surface area contributed by atoms with Gasteiger partial charge in [-0.1, -0.05) is 32.6 Å². The lowest BCUT2D eigenvalue weighted by Crippen LogP contribution is -2.17. The maximum absolute atomic E-state index is 4.29. The molecule has 0 aliphatic rings. The molecule has 1 rings (SSSR count). The average Bonchev–Trinajstić information content (AvgIpc) is 2.28. The summed E-state index contributed by atoms with van der Waals surface area (Å²) in [5, 5.41) is 3.41. The summed E-state index contributed by atoms with van der Waals surface area (Å²) in [5.74, 6) is 0.922. The van der Waals surface area contributed by atoms with Gasteiger partial charge in [0.2, 0.25) is 0 Å². The van der Waals surface area contributed by atoms with Crippen LogP contribution in [0.1, 0.15) is 51.6 Å². The first-order valence-corrected chi connectivity index (χ1v) is 6.28. The van der Waals surface area contributed by atoms with Gasteiger partial charge >= 0.3 is 0 Å². The molecule has 0 aromatic carbocycles. The SMILES string of the molecule is CCCCCCC(C)Nc1nccnc1C. The van der Waals surface area contributed by atoms with E-state index in [-0.39, 0.29) is 0 Å². The quantitative estimate of drug-likeness (QED) is 0.715. The van der Waals surface area contributed by atoms with Crippen LogP contribution in [0.5, 0.6) is 0 Å². The van der Waals surface area contributed by atoms with Crippen molar-refractivity contribution in [2.75, 3.05) is 5.32 Å². The van der Waals surface area contributed by atoms with Gasteiger partial charge in [0.05, 0.1) is 5.69 Å². The van der Waals surface area contributed by atoms with Gasteiger partial charge in [-0.05, 0) is 20.3 Å². The van der Waals surface area contributed by atoms with Crippen LogP contribution in [0.2, 0.25) is 0 Å². The van der Waals surface area contributed by atoms with Crippen molar-refractivity contribution >= 4 is 5.82 Å². The zero-order valence-corrected chi connectivity index (χ0v) is 10.7. The third-order valence-corrected chi connectivity index (χ3v) is 2.75. The molecule has 1 atom stereocenters. The standard InChI is InChI=1S/C13H23N3/c1-4-5-6-7-8-11(2)16-13-12(3)14-9-10-15-13/h9-11H,4-8H2,1-3H3,(H,15,16). The van der Waals surface area contributed by atoms with Gasteiger partial charge < -0.3 is 5.32 Å². The molecule has 0 spiro atoms. The summed E-state index contributed by atoms with van der Waals surface area (Å²) in [4.78, 5) is 8.51. The summed E-state index contributed by atoms with van der Waals surface area (Å²) in [7, 11) is 0. The van der Waals surface area contributed by atoms with Crippen molar-refractivity contribution < 1.29 is 0 Å². The van der Waals surface area contributed by atoms with Crippen LogP contribution in [0, 0.1) is 6.92 Å². The molecule has 0 radical (unpaired) electrons. The van der Waals surface area contributed by atoms with E-state index in [4.69, 9.17) is 0 Å². The highest BCUT2D eigenvalue weighted by Crippen LogP contribution is 2.12. The molecule has 3 heteroatoms. The lowest BCUT2D eigenvalue weighted by Gasteiger charge is -2.15. The Morgan fingerprint density at radius 3 is 2.62 bits per heavy atom. The molecule has 1 heterocycles. The van der Waals surface area contributed by atoms with Gasteiger partial charge in [-0.3, -0.25) is 4.98 Å². The largest absolute Gasteiger partial charge is 0.366 e. The number of hydrogen-bond acceptors (Lipinski definition) is 3. The van der Waals surface area contributed by atoms with Crippen molar-refractivity contribution in [1.29, 1.82) is 0 Å². The summed E-state index contributed by atoms with van der Waals surface area (Å²) < 4.78 is 0. The molecule has 1 aromatic rings.